The summed E-state index contributed by atoms with van der Waals surface area (Å²) < 4.78 is 22.2. The number of sulfone groups is 1. The summed E-state index contributed by atoms with van der Waals surface area (Å²) >= 11 is 0. The summed E-state index contributed by atoms with van der Waals surface area (Å²) in [5.41, 5.74) is 0. The molecule has 9 heteroatoms. The van der Waals surface area contributed by atoms with Gasteiger partial charge in [-0.3, -0.25) is 9.79 Å². The predicted molar refractivity (Wildman–Crippen MR) is 111 cm³/mol. The van der Waals surface area contributed by atoms with Gasteiger partial charge in [0.1, 0.15) is 9.84 Å². The van der Waals surface area contributed by atoms with Gasteiger partial charge in [-0.1, -0.05) is 12.8 Å². The largest absolute Gasteiger partial charge is 0.356 e. The summed E-state index contributed by atoms with van der Waals surface area (Å²) in [7, 11) is -1.22. The Balaban J connectivity index is 0.00000312. The van der Waals surface area contributed by atoms with E-state index in [1.165, 1.54) is 19.1 Å². The normalized spacial score (nSPS) is 21.9. The van der Waals surface area contributed by atoms with Gasteiger partial charge in [0.15, 0.2) is 5.96 Å². The van der Waals surface area contributed by atoms with Crippen LogP contribution in [-0.2, 0) is 14.6 Å². The van der Waals surface area contributed by atoms with E-state index < -0.39 is 9.84 Å². The maximum Gasteiger partial charge on any atom is 0.225 e. The highest BCUT2D eigenvalue weighted by atomic mass is 127. The van der Waals surface area contributed by atoms with Crippen molar-refractivity contribution in [3.63, 3.8) is 0 Å². The number of guanidine groups is 1. The van der Waals surface area contributed by atoms with Gasteiger partial charge < -0.3 is 15.5 Å². The SMILES string of the molecule is CN=C(NCCCS(C)(=O)=O)NC1CCN(C(=O)C2CCCC2)C1.I. The van der Waals surface area contributed by atoms with Crippen molar-refractivity contribution in [2.24, 2.45) is 10.9 Å². The quantitative estimate of drug-likeness (QED) is 0.253. The Kier molecular flexibility index (Phi) is 9.47. The lowest BCUT2D eigenvalue weighted by Crippen LogP contribution is -2.45. The number of halogens is 1. The van der Waals surface area contributed by atoms with E-state index in [1.54, 1.807) is 7.05 Å². The van der Waals surface area contributed by atoms with Gasteiger partial charge in [0.05, 0.1) is 5.75 Å². The molecule has 1 aliphatic heterocycles. The molecular formula is C16H31IN4O3S. The molecule has 2 fully saturated rings. The average molecular weight is 486 g/mol. The highest BCUT2D eigenvalue weighted by Crippen LogP contribution is 2.27. The number of hydrogen-bond acceptors (Lipinski definition) is 4. The van der Waals surface area contributed by atoms with Crippen LogP contribution in [0.1, 0.15) is 38.5 Å². The van der Waals surface area contributed by atoms with E-state index in [0.717, 1.165) is 32.4 Å². The van der Waals surface area contributed by atoms with Crippen LogP contribution in [0, 0.1) is 5.92 Å². The zero-order valence-corrected chi connectivity index (χ0v) is 18.3. The Hall–Kier alpha value is -0.580. The lowest BCUT2D eigenvalue weighted by atomic mass is 10.1. The molecule has 0 spiro atoms. The van der Waals surface area contributed by atoms with Crippen LogP contribution in [0.3, 0.4) is 0 Å². The van der Waals surface area contributed by atoms with E-state index >= 15 is 0 Å². The van der Waals surface area contributed by atoms with E-state index in [-0.39, 0.29) is 41.7 Å². The lowest BCUT2D eigenvalue weighted by molar-refractivity contribution is -0.134. The first-order valence-electron chi connectivity index (χ1n) is 8.83. The second kappa shape index (κ2) is 10.5. The highest BCUT2D eigenvalue weighted by molar-refractivity contribution is 14.0. The number of likely N-dealkylation sites (tertiary alicyclic amines) is 1. The van der Waals surface area contributed by atoms with Crippen LogP contribution in [0.2, 0.25) is 0 Å². The first-order valence-corrected chi connectivity index (χ1v) is 10.9. The fraction of sp³-hybridized carbons (Fsp3) is 0.875. The molecule has 7 nitrogen and oxygen atoms in total. The van der Waals surface area contributed by atoms with Crippen LogP contribution in [0.4, 0.5) is 0 Å². The lowest BCUT2D eigenvalue weighted by Gasteiger charge is -2.21. The van der Waals surface area contributed by atoms with Gasteiger partial charge >= 0.3 is 0 Å². The summed E-state index contributed by atoms with van der Waals surface area (Å²) in [5, 5.41) is 6.47. The zero-order valence-electron chi connectivity index (χ0n) is 15.2. The van der Waals surface area contributed by atoms with E-state index in [9.17, 15) is 13.2 Å². The second-order valence-electron chi connectivity index (χ2n) is 6.88. The fourth-order valence-electron chi connectivity index (χ4n) is 3.44. The molecule has 1 heterocycles. The summed E-state index contributed by atoms with van der Waals surface area (Å²) in [6.45, 7) is 2.08. The average Bonchev–Trinajstić information content (AvgIpc) is 3.20. The fourth-order valence-corrected chi connectivity index (χ4v) is 4.11. The van der Waals surface area contributed by atoms with Crippen molar-refractivity contribution in [1.29, 1.82) is 0 Å². The number of carbonyl (C=O) groups excluding carboxylic acids is 1. The summed E-state index contributed by atoms with van der Waals surface area (Å²) in [4.78, 5) is 18.6. The molecule has 2 N–H and O–H groups in total. The molecule has 146 valence electrons. The topological polar surface area (TPSA) is 90.9 Å². The van der Waals surface area contributed by atoms with Gasteiger partial charge in [0.25, 0.3) is 0 Å². The molecule has 0 aromatic rings. The molecular weight excluding hydrogens is 455 g/mol. The number of rotatable bonds is 6. The highest BCUT2D eigenvalue weighted by Gasteiger charge is 2.32. The molecule has 1 amide bonds. The molecule has 1 aliphatic carbocycles. The van der Waals surface area contributed by atoms with Crippen LogP contribution in [0.5, 0.6) is 0 Å². The van der Waals surface area contributed by atoms with E-state index in [0.29, 0.717) is 24.8 Å². The van der Waals surface area contributed by atoms with Crippen molar-refractivity contribution in [2.75, 3.05) is 38.7 Å². The van der Waals surface area contributed by atoms with Crippen molar-refractivity contribution in [3.8, 4) is 0 Å². The van der Waals surface area contributed by atoms with E-state index in [4.69, 9.17) is 0 Å². The first-order chi connectivity index (χ1) is 11.4. The summed E-state index contributed by atoms with van der Waals surface area (Å²) in [6.07, 6.45) is 7.15. The molecule has 0 bridgehead atoms. The number of amides is 1. The molecule has 0 radical (unpaired) electrons. The molecule has 2 rings (SSSR count). The molecule has 1 saturated carbocycles. The van der Waals surface area contributed by atoms with Crippen LogP contribution < -0.4 is 10.6 Å². The van der Waals surface area contributed by atoms with Gasteiger partial charge in [0.2, 0.25) is 5.91 Å². The summed E-state index contributed by atoms with van der Waals surface area (Å²) in [5.74, 6) is 1.39. The third-order valence-electron chi connectivity index (χ3n) is 4.75. The van der Waals surface area contributed by atoms with Crippen molar-refractivity contribution >= 4 is 45.7 Å². The Morgan fingerprint density at radius 1 is 1.24 bits per heavy atom. The first kappa shape index (κ1) is 22.5. The second-order valence-corrected chi connectivity index (χ2v) is 9.14. The molecule has 0 aromatic heterocycles. The van der Waals surface area contributed by atoms with Crippen molar-refractivity contribution < 1.29 is 13.2 Å². The van der Waals surface area contributed by atoms with E-state index in [1.807, 2.05) is 4.90 Å². The molecule has 1 unspecified atom stereocenters. The molecule has 1 atom stereocenters. The Morgan fingerprint density at radius 3 is 2.52 bits per heavy atom. The van der Waals surface area contributed by atoms with Gasteiger partial charge in [-0.2, -0.15) is 0 Å². The monoisotopic (exact) mass is 486 g/mol. The van der Waals surface area contributed by atoms with Gasteiger partial charge in [0, 0.05) is 44.9 Å². The zero-order chi connectivity index (χ0) is 17.6. The molecule has 25 heavy (non-hydrogen) atoms. The van der Waals surface area contributed by atoms with Gasteiger partial charge in [-0.15, -0.1) is 24.0 Å². The number of carbonyl (C=O) groups is 1. The van der Waals surface area contributed by atoms with Crippen molar-refractivity contribution in [3.05, 3.63) is 0 Å². The Morgan fingerprint density at radius 2 is 1.92 bits per heavy atom. The van der Waals surface area contributed by atoms with Gasteiger partial charge in [-0.25, -0.2) is 8.42 Å². The third-order valence-corrected chi connectivity index (χ3v) is 5.78. The number of nitrogens with zero attached hydrogens (tertiary/aromatic N) is 2. The van der Waals surface area contributed by atoms with E-state index in [2.05, 4.69) is 15.6 Å². The molecule has 2 aliphatic rings. The molecule has 0 aromatic carbocycles. The van der Waals surface area contributed by atoms with Crippen molar-refractivity contribution in [2.45, 2.75) is 44.6 Å². The van der Waals surface area contributed by atoms with Crippen LogP contribution >= 0.6 is 24.0 Å². The number of hydrogen-bond donors (Lipinski definition) is 2. The Bertz CT molecular complexity index is 562. The minimum absolute atomic E-state index is 0. The Labute approximate surface area is 168 Å². The predicted octanol–water partition coefficient (Wildman–Crippen LogP) is 0.995. The van der Waals surface area contributed by atoms with Crippen LogP contribution in [0.15, 0.2) is 4.99 Å². The van der Waals surface area contributed by atoms with Gasteiger partial charge in [-0.05, 0) is 25.7 Å². The standard InChI is InChI=1S/C16H30N4O3S.HI/c1-17-16(18-9-5-11-24(2,22)23)19-14-8-10-20(12-14)15(21)13-6-3-4-7-13;/h13-14H,3-12H2,1-2H3,(H2,17,18,19);1H. The molecule has 1 saturated heterocycles. The van der Waals surface area contributed by atoms with Crippen molar-refractivity contribution in [1.82, 2.24) is 15.5 Å². The van der Waals surface area contributed by atoms with Crippen LogP contribution in [0.25, 0.3) is 0 Å². The van der Waals surface area contributed by atoms with Crippen LogP contribution in [-0.4, -0.2) is 69.9 Å². The maximum absolute atomic E-state index is 12.4. The minimum Gasteiger partial charge on any atom is -0.356 e. The third kappa shape index (κ3) is 7.67. The minimum atomic E-state index is -2.92. The smallest absolute Gasteiger partial charge is 0.225 e. The number of aliphatic imine (C=N–C) groups is 1. The maximum atomic E-state index is 12.4. The summed E-state index contributed by atoms with van der Waals surface area (Å²) in [6, 6.07) is 0.205. The number of nitrogens with one attached hydrogen (secondary N) is 2.